The van der Waals surface area contributed by atoms with E-state index in [0.717, 1.165) is 5.92 Å². The van der Waals surface area contributed by atoms with Gasteiger partial charge in [0.1, 0.15) is 0 Å². The first kappa shape index (κ1) is 28.0. The van der Waals surface area contributed by atoms with Crippen molar-refractivity contribution in [1.29, 1.82) is 0 Å². The highest BCUT2D eigenvalue weighted by atomic mass is 14.1. The van der Waals surface area contributed by atoms with Gasteiger partial charge in [-0.3, -0.25) is 0 Å². The fraction of sp³-hybridized carbons (Fsp3) is 1.00. The maximum Gasteiger partial charge on any atom is -0.0443 e. The van der Waals surface area contributed by atoms with E-state index in [-0.39, 0.29) is 0 Å². The average molecular weight is 395 g/mol. The van der Waals surface area contributed by atoms with E-state index >= 15 is 0 Å². The second-order valence-corrected chi connectivity index (χ2v) is 9.75. The van der Waals surface area contributed by atoms with Crippen LogP contribution in [0.5, 0.6) is 0 Å². The van der Waals surface area contributed by atoms with Crippen LogP contribution in [0.3, 0.4) is 0 Å². The maximum atomic E-state index is 2.49. The van der Waals surface area contributed by atoms with E-state index in [0.29, 0.717) is 0 Å². The summed E-state index contributed by atoms with van der Waals surface area (Å²) in [5.41, 5.74) is 0. The molecule has 0 heteroatoms. The molecule has 0 aliphatic heterocycles. The first-order valence-corrected chi connectivity index (χ1v) is 13.8. The van der Waals surface area contributed by atoms with E-state index < -0.39 is 0 Å². The van der Waals surface area contributed by atoms with Crippen LogP contribution in [0.1, 0.15) is 175 Å². The van der Waals surface area contributed by atoms with Crippen molar-refractivity contribution in [2.24, 2.45) is 5.92 Å². The minimum Gasteiger partial charge on any atom is -0.0654 e. The Hall–Kier alpha value is 0. The molecule has 28 heavy (non-hydrogen) atoms. The van der Waals surface area contributed by atoms with Crippen LogP contribution in [0, 0.1) is 5.92 Å². The third kappa shape index (κ3) is 24.0. The Morgan fingerprint density at radius 2 is 0.536 bits per heavy atom. The highest BCUT2D eigenvalue weighted by Gasteiger charge is 2.02. The molecule has 1 atom stereocenters. The van der Waals surface area contributed by atoms with Crippen LogP contribution < -0.4 is 0 Å². The van der Waals surface area contributed by atoms with Crippen LogP contribution in [0.15, 0.2) is 0 Å². The standard InChI is InChI=1S/C28H58/c1-4-6-8-10-12-14-16-17-19-21-23-25-27-28(3)26-24-22-20-18-15-13-11-9-7-5-2/h28H,4-27H2,1-3H3/t28-/m1/s1. The molecular formula is C28H58. The molecule has 0 aromatic carbocycles. The third-order valence-corrected chi connectivity index (χ3v) is 6.60. The zero-order valence-electron chi connectivity index (χ0n) is 20.5. The molecule has 0 bridgehead atoms. The zero-order chi connectivity index (χ0) is 20.5. The van der Waals surface area contributed by atoms with Crippen LogP contribution in [0.25, 0.3) is 0 Å². The van der Waals surface area contributed by atoms with Crippen molar-refractivity contribution in [3.05, 3.63) is 0 Å². The second kappa shape index (κ2) is 25.0. The fourth-order valence-corrected chi connectivity index (χ4v) is 4.46. The summed E-state index contributed by atoms with van der Waals surface area (Å²) < 4.78 is 0. The van der Waals surface area contributed by atoms with Gasteiger partial charge in [-0.25, -0.2) is 0 Å². The monoisotopic (exact) mass is 394 g/mol. The lowest BCUT2D eigenvalue weighted by Gasteiger charge is -2.11. The van der Waals surface area contributed by atoms with Crippen LogP contribution in [0.2, 0.25) is 0 Å². The summed E-state index contributed by atoms with van der Waals surface area (Å²) in [7, 11) is 0. The second-order valence-electron chi connectivity index (χ2n) is 9.75. The van der Waals surface area contributed by atoms with E-state index in [1.54, 1.807) is 0 Å². The summed E-state index contributed by atoms with van der Waals surface area (Å²) in [6, 6.07) is 0. The molecule has 0 amide bonds. The molecule has 0 nitrogen and oxygen atoms in total. The van der Waals surface area contributed by atoms with Crippen molar-refractivity contribution in [3.63, 3.8) is 0 Å². The average Bonchev–Trinajstić information content (AvgIpc) is 2.70. The number of rotatable bonds is 24. The third-order valence-electron chi connectivity index (χ3n) is 6.60. The zero-order valence-corrected chi connectivity index (χ0v) is 20.5. The van der Waals surface area contributed by atoms with Gasteiger partial charge in [-0.2, -0.15) is 0 Å². The fourth-order valence-electron chi connectivity index (χ4n) is 4.46. The van der Waals surface area contributed by atoms with Gasteiger partial charge in [0.15, 0.2) is 0 Å². The van der Waals surface area contributed by atoms with E-state index in [2.05, 4.69) is 20.8 Å². The Labute approximate surface area is 181 Å². The minimum absolute atomic E-state index is 0.970. The van der Waals surface area contributed by atoms with Crippen LogP contribution in [-0.2, 0) is 0 Å². The minimum atomic E-state index is 0.970. The highest BCUT2D eigenvalue weighted by Crippen LogP contribution is 2.19. The number of hydrogen-bond acceptors (Lipinski definition) is 0. The molecule has 0 heterocycles. The normalized spacial score (nSPS) is 12.5. The van der Waals surface area contributed by atoms with E-state index in [1.807, 2.05) is 0 Å². The first-order chi connectivity index (χ1) is 13.8. The SMILES string of the molecule is CCCCCCCCCCCCCC[C@H](C)CCCCCCCCCCCC. The summed E-state index contributed by atoms with van der Waals surface area (Å²) in [6.07, 6.45) is 35.3. The van der Waals surface area contributed by atoms with Gasteiger partial charge >= 0.3 is 0 Å². The summed E-state index contributed by atoms with van der Waals surface area (Å²) >= 11 is 0. The maximum absolute atomic E-state index is 2.49. The molecule has 0 aromatic heterocycles. The largest absolute Gasteiger partial charge is 0.0654 e. The summed E-state index contributed by atoms with van der Waals surface area (Å²) in [5.74, 6) is 0.970. The molecule has 0 radical (unpaired) electrons. The van der Waals surface area contributed by atoms with Gasteiger partial charge < -0.3 is 0 Å². The van der Waals surface area contributed by atoms with Crippen LogP contribution >= 0.6 is 0 Å². The molecule has 0 unspecified atom stereocenters. The lowest BCUT2D eigenvalue weighted by atomic mass is 9.95. The molecule has 0 aliphatic rings. The van der Waals surface area contributed by atoms with Gasteiger partial charge in [-0.05, 0) is 5.92 Å². The quantitative estimate of drug-likeness (QED) is 0.143. The van der Waals surface area contributed by atoms with Crippen molar-refractivity contribution >= 4 is 0 Å². The van der Waals surface area contributed by atoms with Gasteiger partial charge in [0, 0.05) is 0 Å². The van der Waals surface area contributed by atoms with Gasteiger partial charge in [-0.1, -0.05) is 175 Å². The molecule has 0 saturated carbocycles. The van der Waals surface area contributed by atoms with Gasteiger partial charge in [0.05, 0.1) is 0 Å². The Balaban J connectivity index is 3.12. The molecule has 0 saturated heterocycles. The predicted octanol–water partition coefficient (Wildman–Crippen LogP) is 11.0. The highest BCUT2D eigenvalue weighted by molar-refractivity contribution is 4.56. The van der Waals surface area contributed by atoms with Crippen molar-refractivity contribution in [1.82, 2.24) is 0 Å². The van der Waals surface area contributed by atoms with Crippen molar-refractivity contribution in [2.45, 2.75) is 175 Å². The predicted molar refractivity (Wildman–Crippen MR) is 131 cm³/mol. The Morgan fingerprint density at radius 1 is 0.321 bits per heavy atom. The van der Waals surface area contributed by atoms with Gasteiger partial charge in [0.2, 0.25) is 0 Å². The van der Waals surface area contributed by atoms with Crippen LogP contribution in [0.4, 0.5) is 0 Å². The Bertz CT molecular complexity index is 257. The first-order valence-electron chi connectivity index (χ1n) is 13.8. The molecule has 0 N–H and O–H groups in total. The van der Waals surface area contributed by atoms with Crippen LogP contribution in [-0.4, -0.2) is 0 Å². The topological polar surface area (TPSA) is 0 Å². The number of unbranched alkanes of at least 4 members (excludes halogenated alkanes) is 20. The molecule has 0 aliphatic carbocycles. The van der Waals surface area contributed by atoms with E-state index in [1.165, 1.54) is 154 Å². The van der Waals surface area contributed by atoms with Crippen molar-refractivity contribution in [2.75, 3.05) is 0 Å². The van der Waals surface area contributed by atoms with Crippen molar-refractivity contribution in [3.8, 4) is 0 Å². The molecule has 0 rings (SSSR count). The van der Waals surface area contributed by atoms with Crippen molar-refractivity contribution < 1.29 is 0 Å². The van der Waals surface area contributed by atoms with E-state index in [4.69, 9.17) is 0 Å². The summed E-state index contributed by atoms with van der Waals surface area (Å²) in [6.45, 7) is 7.10. The Morgan fingerprint density at radius 3 is 0.786 bits per heavy atom. The van der Waals surface area contributed by atoms with E-state index in [9.17, 15) is 0 Å². The molecule has 0 fully saturated rings. The molecule has 0 spiro atoms. The lowest BCUT2D eigenvalue weighted by molar-refractivity contribution is 0.429. The molecule has 0 aromatic rings. The Kier molecular flexibility index (Phi) is 25.0. The molecule has 170 valence electrons. The van der Waals surface area contributed by atoms with Gasteiger partial charge in [-0.15, -0.1) is 0 Å². The number of hydrogen-bond donors (Lipinski definition) is 0. The smallest absolute Gasteiger partial charge is 0.0443 e. The summed E-state index contributed by atoms with van der Waals surface area (Å²) in [4.78, 5) is 0. The summed E-state index contributed by atoms with van der Waals surface area (Å²) in [5, 5.41) is 0. The van der Waals surface area contributed by atoms with Gasteiger partial charge in [0.25, 0.3) is 0 Å². The lowest BCUT2D eigenvalue weighted by Crippen LogP contribution is -1.95. The molecular weight excluding hydrogens is 336 g/mol.